The number of hydrogen-bond acceptors (Lipinski definition) is 3. The number of likely N-dealkylation sites (tertiary alicyclic amines) is 1. The molecule has 1 saturated heterocycles. The first-order valence-corrected chi connectivity index (χ1v) is 6.60. The fourth-order valence-corrected chi connectivity index (χ4v) is 2.54. The van der Waals surface area contributed by atoms with Crippen LogP contribution in [0, 0.1) is 11.6 Å². The van der Waals surface area contributed by atoms with Crippen molar-refractivity contribution in [3.05, 3.63) is 29.3 Å². The molecule has 1 heterocycles. The molecule has 20 heavy (non-hydrogen) atoms. The van der Waals surface area contributed by atoms with Crippen LogP contribution in [0.15, 0.2) is 12.1 Å². The smallest absolute Gasteiger partial charge is 0.256 e. The fourth-order valence-electron chi connectivity index (χ4n) is 2.54. The van der Waals surface area contributed by atoms with Crippen LogP contribution in [0.4, 0.5) is 14.5 Å². The van der Waals surface area contributed by atoms with Gasteiger partial charge in [-0.05, 0) is 32.5 Å². The van der Waals surface area contributed by atoms with Crippen LogP contribution in [0.1, 0.15) is 23.2 Å². The molecule has 0 aromatic heterocycles. The zero-order chi connectivity index (χ0) is 14.9. The van der Waals surface area contributed by atoms with E-state index in [1.807, 2.05) is 7.05 Å². The Hall–Kier alpha value is -1.69. The number of hydrogen-bond donors (Lipinski definition) is 1. The molecule has 1 fully saturated rings. The molecular formula is C14H19F2N3O. The van der Waals surface area contributed by atoms with Crippen molar-refractivity contribution in [2.45, 2.75) is 18.9 Å². The molecule has 1 aliphatic heterocycles. The standard InChI is InChI=1S/C14H19F2N3O/c1-18-5-3-4-9(18)8-19(2)14(20)10-6-13(17)12(16)7-11(10)15/h6-7,9H,3-5,8,17H2,1-2H3. The lowest BCUT2D eigenvalue weighted by molar-refractivity contribution is 0.0757. The van der Waals surface area contributed by atoms with Crippen LogP contribution < -0.4 is 5.73 Å². The number of nitrogen functional groups attached to an aromatic ring is 1. The summed E-state index contributed by atoms with van der Waals surface area (Å²) in [7, 11) is 3.62. The first kappa shape index (κ1) is 14.7. The Labute approximate surface area is 117 Å². The lowest BCUT2D eigenvalue weighted by atomic mass is 10.1. The third-order valence-corrected chi connectivity index (χ3v) is 3.82. The molecular weight excluding hydrogens is 264 g/mol. The molecule has 0 saturated carbocycles. The monoisotopic (exact) mass is 283 g/mol. The average molecular weight is 283 g/mol. The highest BCUT2D eigenvalue weighted by Gasteiger charge is 2.25. The van der Waals surface area contributed by atoms with Gasteiger partial charge in [-0.25, -0.2) is 8.78 Å². The minimum absolute atomic E-state index is 0.188. The van der Waals surface area contributed by atoms with E-state index >= 15 is 0 Å². The summed E-state index contributed by atoms with van der Waals surface area (Å²) < 4.78 is 26.8. The molecule has 1 aromatic rings. The van der Waals surface area contributed by atoms with Gasteiger partial charge in [-0.15, -0.1) is 0 Å². The van der Waals surface area contributed by atoms with Gasteiger partial charge in [-0.3, -0.25) is 4.79 Å². The summed E-state index contributed by atoms with van der Waals surface area (Å²) in [5.41, 5.74) is 4.98. The number of nitrogens with two attached hydrogens (primary N) is 1. The molecule has 4 nitrogen and oxygen atoms in total. The van der Waals surface area contributed by atoms with Crippen LogP contribution in [0.3, 0.4) is 0 Å². The van der Waals surface area contributed by atoms with E-state index in [-0.39, 0.29) is 17.3 Å². The summed E-state index contributed by atoms with van der Waals surface area (Å²) >= 11 is 0. The minimum atomic E-state index is -0.881. The number of amides is 1. The van der Waals surface area contributed by atoms with Crippen molar-refractivity contribution >= 4 is 11.6 Å². The molecule has 6 heteroatoms. The Morgan fingerprint density at radius 3 is 2.75 bits per heavy atom. The Bertz CT molecular complexity index is 521. The van der Waals surface area contributed by atoms with Gasteiger partial charge in [0.1, 0.15) is 11.6 Å². The second-order valence-electron chi connectivity index (χ2n) is 5.32. The SMILES string of the molecule is CN(CC1CCCN1C)C(=O)c1cc(N)c(F)cc1F. The molecule has 1 amide bonds. The van der Waals surface area contributed by atoms with Crippen LogP contribution in [-0.4, -0.2) is 48.9 Å². The summed E-state index contributed by atoms with van der Waals surface area (Å²) in [6, 6.07) is 1.99. The molecule has 1 aliphatic rings. The summed E-state index contributed by atoms with van der Waals surface area (Å²) in [6.07, 6.45) is 2.11. The molecule has 2 N–H and O–H groups in total. The average Bonchev–Trinajstić information content (AvgIpc) is 2.78. The zero-order valence-electron chi connectivity index (χ0n) is 11.7. The predicted molar refractivity (Wildman–Crippen MR) is 73.4 cm³/mol. The van der Waals surface area contributed by atoms with Crippen molar-refractivity contribution in [1.29, 1.82) is 0 Å². The quantitative estimate of drug-likeness (QED) is 0.859. The van der Waals surface area contributed by atoms with E-state index in [1.165, 1.54) is 4.90 Å². The van der Waals surface area contributed by atoms with Gasteiger partial charge in [-0.1, -0.05) is 0 Å². The van der Waals surface area contributed by atoms with E-state index in [0.29, 0.717) is 12.6 Å². The Kier molecular flexibility index (Phi) is 4.23. The summed E-state index contributed by atoms with van der Waals surface area (Å²) in [5.74, 6) is -2.21. The second kappa shape index (κ2) is 5.75. The minimum Gasteiger partial charge on any atom is -0.396 e. The van der Waals surface area contributed by atoms with Crippen molar-refractivity contribution in [2.24, 2.45) is 0 Å². The van der Waals surface area contributed by atoms with Crippen molar-refractivity contribution in [3.63, 3.8) is 0 Å². The van der Waals surface area contributed by atoms with Gasteiger partial charge in [0.15, 0.2) is 0 Å². The van der Waals surface area contributed by atoms with Crippen LogP contribution >= 0.6 is 0 Å². The van der Waals surface area contributed by atoms with E-state index in [2.05, 4.69) is 4.90 Å². The molecule has 1 aromatic carbocycles. The van der Waals surface area contributed by atoms with Gasteiger partial charge in [0.05, 0.1) is 11.3 Å². The largest absolute Gasteiger partial charge is 0.396 e. The van der Waals surface area contributed by atoms with Crippen LogP contribution in [0.5, 0.6) is 0 Å². The number of benzene rings is 1. The van der Waals surface area contributed by atoms with E-state index < -0.39 is 17.5 Å². The molecule has 0 radical (unpaired) electrons. The molecule has 0 bridgehead atoms. The Morgan fingerprint density at radius 2 is 2.15 bits per heavy atom. The maximum atomic E-state index is 13.7. The van der Waals surface area contributed by atoms with Crippen LogP contribution in [-0.2, 0) is 0 Å². The Morgan fingerprint density at radius 1 is 1.45 bits per heavy atom. The lowest BCUT2D eigenvalue weighted by Crippen LogP contribution is -2.39. The van der Waals surface area contributed by atoms with E-state index in [1.54, 1.807) is 7.05 Å². The molecule has 110 valence electrons. The number of rotatable bonds is 3. The number of carbonyl (C=O) groups excluding carboxylic acids is 1. The van der Waals surface area contributed by atoms with Crippen molar-refractivity contribution in [2.75, 3.05) is 32.9 Å². The number of halogens is 2. The number of nitrogens with zero attached hydrogens (tertiary/aromatic N) is 2. The van der Waals surface area contributed by atoms with Crippen molar-refractivity contribution < 1.29 is 13.6 Å². The van der Waals surface area contributed by atoms with Gasteiger partial charge in [0.25, 0.3) is 5.91 Å². The topological polar surface area (TPSA) is 49.6 Å². The third-order valence-electron chi connectivity index (χ3n) is 3.82. The van der Waals surface area contributed by atoms with Gasteiger partial charge in [-0.2, -0.15) is 0 Å². The number of anilines is 1. The number of carbonyl (C=O) groups is 1. The van der Waals surface area contributed by atoms with Crippen LogP contribution in [0.2, 0.25) is 0 Å². The summed E-state index contributed by atoms with van der Waals surface area (Å²) in [6.45, 7) is 1.52. The lowest BCUT2D eigenvalue weighted by Gasteiger charge is -2.26. The maximum Gasteiger partial charge on any atom is 0.256 e. The predicted octanol–water partition coefficient (Wildman–Crippen LogP) is 1.71. The molecule has 2 rings (SSSR count). The highest BCUT2D eigenvalue weighted by molar-refractivity contribution is 5.95. The number of likely N-dealkylation sites (N-methyl/N-ethyl adjacent to an activating group) is 2. The summed E-state index contributed by atoms with van der Waals surface area (Å²) in [5, 5.41) is 0. The van der Waals surface area contributed by atoms with Crippen molar-refractivity contribution in [3.8, 4) is 0 Å². The van der Waals surface area contributed by atoms with Gasteiger partial charge < -0.3 is 15.5 Å². The molecule has 0 aliphatic carbocycles. The Balaban J connectivity index is 2.12. The van der Waals surface area contributed by atoms with E-state index in [4.69, 9.17) is 5.73 Å². The normalized spacial score (nSPS) is 19.3. The van der Waals surface area contributed by atoms with Crippen molar-refractivity contribution in [1.82, 2.24) is 9.80 Å². The second-order valence-corrected chi connectivity index (χ2v) is 5.32. The fraction of sp³-hybridized carbons (Fsp3) is 0.500. The van der Waals surface area contributed by atoms with Gasteiger partial charge in [0, 0.05) is 25.7 Å². The molecule has 0 spiro atoms. The first-order valence-electron chi connectivity index (χ1n) is 6.60. The van der Waals surface area contributed by atoms with E-state index in [9.17, 15) is 13.6 Å². The highest BCUT2D eigenvalue weighted by atomic mass is 19.1. The molecule has 1 unspecified atom stereocenters. The zero-order valence-corrected chi connectivity index (χ0v) is 11.7. The molecule has 1 atom stereocenters. The third kappa shape index (κ3) is 2.90. The summed E-state index contributed by atoms with van der Waals surface area (Å²) in [4.78, 5) is 15.9. The van der Waals surface area contributed by atoms with Crippen LogP contribution in [0.25, 0.3) is 0 Å². The van der Waals surface area contributed by atoms with Gasteiger partial charge in [0.2, 0.25) is 0 Å². The van der Waals surface area contributed by atoms with Gasteiger partial charge >= 0.3 is 0 Å². The first-order chi connectivity index (χ1) is 9.40. The maximum absolute atomic E-state index is 13.7. The highest BCUT2D eigenvalue weighted by Crippen LogP contribution is 2.20. The van der Waals surface area contributed by atoms with E-state index in [0.717, 1.165) is 25.5 Å².